The first-order valence-corrected chi connectivity index (χ1v) is 6.45. The van der Waals surface area contributed by atoms with Gasteiger partial charge < -0.3 is 0 Å². The highest BCUT2D eigenvalue weighted by Crippen LogP contribution is 2.35. The zero-order valence-electron chi connectivity index (χ0n) is 9.90. The van der Waals surface area contributed by atoms with E-state index >= 15 is 0 Å². The number of fused-ring (bicyclic) bond motifs is 1. The molecule has 0 N–H and O–H groups in total. The van der Waals surface area contributed by atoms with Crippen LogP contribution in [0, 0.1) is 19.7 Å². The molecule has 0 aliphatic heterocycles. The highest BCUT2D eigenvalue weighted by atomic mass is 32.1. The van der Waals surface area contributed by atoms with Crippen LogP contribution in [-0.2, 0) is 0 Å². The van der Waals surface area contributed by atoms with E-state index in [1.54, 1.807) is 23.5 Å². The van der Waals surface area contributed by atoms with Crippen molar-refractivity contribution in [1.29, 1.82) is 0 Å². The van der Waals surface area contributed by atoms with E-state index in [0.29, 0.717) is 5.56 Å². The zero-order valence-corrected chi connectivity index (χ0v) is 10.7. The Kier molecular flexibility index (Phi) is 2.63. The second-order valence-electron chi connectivity index (χ2n) is 4.16. The summed E-state index contributed by atoms with van der Waals surface area (Å²) in [6.45, 7) is 5.95. The molecule has 18 heavy (non-hydrogen) atoms. The van der Waals surface area contributed by atoms with Gasteiger partial charge in [-0.05, 0) is 31.5 Å². The van der Waals surface area contributed by atoms with Crippen LogP contribution < -0.4 is 0 Å². The minimum Gasteiger partial charge on any atom is -0.241 e. The van der Waals surface area contributed by atoms with E-state index in [9.17, 15) is 4.39 Å². The van der Waals surface area contributed by atoms with Gasteiger partial charge in [-0.3, -0.25) is 0 Å². The maximum absolute atomic E-state index is 13.9. The summed E-state index contributed by atoms with van der Waals surface area (Å²) in [6, 6.07) is 10.7. The third-order valence-electron chi connectivity index (χ3n) is 2.90. The van der Waals surface area contributed by atoms with Crippen molar-refractivity contribution in [2.75, 3.05) is 0 Å². The Morgan fingerprint density at radius 1 is 1.17 bits per heavy atom. The molecule has 1 aromatic heterocycles. The van der Waals surface area contributed by atoms with Crippen molar-refractivity contribution in [3.8, 4) is 11.1 Å². The van der Waals surface area contributed by atoms with Crippen molar-refractivity contribution in [3.05, 3.63) is 59.7 Å². The molecule has 0 aliphatic rings. The van der Waals surface area contributed by atoms with E-state index in [-0.39, 0.29) is 5.82 Å². The van der Waals surface area contributed by atoms with Gasteiger partial charge in [0.25, 0.3) is 0 Å². The van der Waals surface area contributed by atoms with Crippen molar-refractivity contribution < 1.29 is 4.39 Å². The second-order valence-corrected chi connectivity index (χ2v) is 5.39. The quantitative estimate of drug-likeness (QED) is 0.620. The molecule has 0 spiro atoms. The predicted molar refractivity (Wildman–Crippen MR) is 74.2 cm³/mol. The predicted octanol–water partition coefficient (Wildman–Crippen LogP) is 4.59. The average molecular weight is 256 g/mol. The molecule has 3 rings (SSSR count). The lowest BCUT2D eigenvalue weighted by Crippen LogP contribution is -1.89. The molecule has 0 aliphatic carbocycles. The number of hydrogen-bond donors (Lipinski definition) is 0. The number of nitrogens with zero attached hydrogens (tertiary/aromatic N) is 1. The fourth-order valence-electron chi connectivity index (χ4n) is 2.11. The minimum absolute atomic E-state index is 0.236. The molecule has 1 heterocycles. The smallest absolute Gasteiger partial charge is 0.131 e. The summed E-state index contributed by atoms with van der Waals surface area (Å²) in [5.74, 6) is -0.236. The van der Waals surface area contributed by atoms with Crippen LogP contribution in [0.1, 0.15) is 10.6 Å². The Labute approximate surface area is 109 Å². The molecule has 3 heteroatoms. The number of aryl methyl sites for hydroxylation is 1. The van der Waals surface area contributed by atoms with Crippen molar-refractivity contribution >= 4 is 21.6 Å². The normalized spacial score (nSPS) is 11.1. The van der Waals surface area contributed by atoms with Crippen LogP contribution in [0.3, 0.4) is 0 Å². The monoisotopic (exact) mass is 256 g/mol. The topological polar surface area (TPSA) is 12.9 Å². The van der Waals surface area contributed by atoms with Crippen molar-refractivity contribution in [2.24, 2.45) is 0 Å². The summed E-state index contributed by atoms with van der Waals surface area (Å²) in [5, 5.41) is 0.980. The summed E-state index contributed by atoms with van der Waals surface area (Å²) in [5.41, 5.74) is 3.02. The number of halogens is 1. The molecule has 0 saturated heterocycles. The Hall–Kier alpha value is -1.74. The molecular formula is C15H11FNS. The molecule has 0 unspecified atom stereocenters. The van der Waals surface area contributed by atoms with E-state index in [1.165, 1.54) is 6.07 Å². The van der Waals surface area contributed by atoms with Gasteiger partial charge >= 0.3 is 0 Å². The highest BCUT2D eigenvalue weighted by molar-refractivity contribution is 7.18. The van der Waals surface area contributed by atoms with Crippen molar-refractivity contribution in [2.45, 2.75) is 6.92 Å². The molecule has 89 valence electrons. The van der Waals surface area contributed by atoms with Gasteiger partial charge in [0.2, 0.25) is 0 Å². The fourth-order valence-corrected chi connectivity index (χ4v) is 2.95. The van der Waals surface area contributed by atoms with Crippen molar-refractivity contribution in [3.63, 3.8) is 0 Å². The first kappa shape index (κ1) is 11.4. The maximum atomic E-state index is 13.9. The van der Waals surface area contributed by atoms with Crippen LogP contribution in [0.4, 0.5) is 4.39 Å². The molecule has 2 aromatic carbocycles. The van der Waals surface area contributed by atoms with Gasteiger partial charge in [0.1, 0.15) is 5.82 Å². The van der Waals surface area contributed by atoms with E-state index in [0.717, 1.165) is 26.4 Å². The fraction of sp³-hybridized carbons (Fsp3) is 0.0667. The highest BCUT2D eigenvalue weighted by Gasteiger charge is 2.13. The molecule has 0 amide bonds. The second kappa shape index (κ2) is 4.18. The van der Waals surface area contributed by atoms with Gasteiger partial charge in [-0.1, -0.05) is 24.3 Å². The molecule has 0 fully saturated rings. The number of thiazole rings is 1. The SMILES string of the molecule is [CH2]c1ccc2sc(C)nc2c1-c1ccccc1F. The van der Waals surface area contributed by atoms with Gasteiger partial charge in [0.15, 0.2) is 0 Å². The summed E-state index contributed by atoms with van der Waals surface area (Å²) in [4.78, 5) is 4.50. The molecule has 0 bridgehead atoms. The molecule has 0 saturated carbocycles. The minimum atomic E-state index is -0.236. The first-order chi connectivity index (χ1) is 8.66. The number of benzene rings is 2. The largest absolute Gasteiger partial charge is 0.241 e. The Bertz CT molecular complexity index is 730. The molecule has 3 aromatic rings. The van der Waals surface area contributed by atoms with Crippen LogP contribution in [0.15, 0.2) is 36.4 Å². The first-order valence-electron chi connectivity index (χ1n) is 5.64. The standard InChI is InChI=1S/C15H11FNS/c1-9-7-8-13-15(17-10(2)18-13)14(9)11-5-3-4-6-12(11)16/h3-8H,1H2,2H3. The summed E-state index contributed by atoms with van der Waals surface area (Å²) >= 11 is 1.61. The van der Waals surface area contributed by atoms with Gasteiger partial charge in [-0.25, -0.2) is 9.37 Å². The summed E-state index contributed by atoms with van der Waals surface area (Å²) in [6.07, 6.45) is 0. The number of rotatable bonds is 1. The lowest BCUT2D eigenvalue weighted by Gasteiger charge is -2.07. The van der Waals surface area contributed by atoms with E-state index in [1.807, 2.05) is 25.1 Å². The lowest BCUT2D eigenvalue weighted by atomic mass is 9.99. The van der Waals surface area contributed by atoms with Crippen LogP contribution >= 0.6 is 11.3 Å². The van der Waals surface area contributed by atoms with E-state index in [4.69, 9.17) is 0 Å². The molecular weight excluding hydrogens is 245 g/mol. The number of aromatic nitrogens is 1. The Balaban J connectivity index is 2.41. The third-order valence-corrected chi connectivity index (χ3v) is 3.83. The van der Waals surface area contributed by atoms with Gasteiger partial charge in [-0.15, -0.1) is 11.3 Å². The van der Waals surface area contributed by atoms with Gasteiger partial charge in [0.05, 0.1) is 15.2 Å². The molecule has 1 nitrogen and oxygen atoms in total. The molecule has 0 atom stereocenters. The number of hydrogen-bond acceptors (Lipinski definition) is 2. The Morgan fingerprint density at radius 2 is 1.94 bits per heavy atom. The van der Waals surface area contributed by atoms with E-state index in [2.05, 4.69) is 11.9 Å². The van der Waals surface area contributed by atoms with Crippen LogP contribution in [-0.4, -0.2) is 4.98 Å². The average Bonchev–Trinajstić information content (AvgIpc) is 2.71. The van der Waals surface area contributed by atoms with Crippen LogP contribution in [0.25, 0.3) is 21.3 Å². The van der Waals surface area contributed by atoms with Crippen LogP contribution in [0.2, 0.25) is 0 Å². The lowest BCUT2D eigenvalue weighted by molar-refractivity contribution is 0.631. The summed E-state index contributed by atoms with van der Waals surface area (Å²) in [7, 11) is 0. The van der Waals surface area contributed by atoms with Gasteiger partial charge in [-0.2, -0.15) is 0 Å². The Morgan fingerprint density at radius 3 is 2.72 bits per heavy atom. The zero-order chi connectivity index (χ0) is 12.7. The maximum Gasteiger partial charge on any atom is 0.131 e. The third kappa shape index (κ3) is 1.71. The summed E-state index contributed by atoms with van der Waals surface area (Å²) < 4.78 is 15.0. The van der Waals surface area contributed by atoms with Gasteiger partial charge in [0, 0.05) is 11.1 Å². The molecule has 1 radical (unpaired) electrons. The van der Waals surface area contributed by atoms with Crippen LogP contribution in [0.5, 0.6) is 0 Å². The van der Waals surface area contributed by atoms with E-state index < -0.39 is 0 Å². The van der Waals surface area contributed by atoms with Crippen molar-refractivity contribution in [1.82, 2.24) is 4.98 Å².